The van der Waals surface area contributed by atoms with Gasteiger partial charge >= 0.3 is 0 Å². The Morgan fingerprint density at radius 3 is 2.49 bits per heavy atom. The molecule has 3 aromatic carbocycles. The van der Waals surface area contributed by atoms with E-state index in [0.717, 1.165) is 48.9 Å². The van der Waals surface area contributed by atoms with Crippen LogP contribution in [0.1, 0.15) is 73.4 Å². The molecule has 14 heteroatoms. The van der Waals surface area contributed by atoms with Crippen molar-refractivity contribution in [1.82, 2.24) is 25.1 Å². The lowest BCUT2D eigenvalue weighted by molar-refractivity contribution is -0.112. The standard InChI is InChI=1S/C45H52N6O7S/c1-30-25-42(47-28-33(30)27-46-29-41(53)38-15-17-40(52)45-39(38)16-18-43(54)49-45)48-44(55)19-24-58-35-9-6-10-37(26-35)59(56,57)36-13-11-32(12-14-36)31(2)50-20-22-51(23-21-50)34-7-4-3-5-8-34/h6,9-19,24-26,28,31,34,41,46,52-53H,3-5,7-8,20-23,27,29H2,1-2H3,(H,49,54)(H,47,48,55)/t31-,41-/m0/s1. The number of benzene rings is 3. The Hall–Kier alpha value is -5.38. The molecule has 0 bridgehead atoms. The number of aliphatic hydroxyl groups is 1. The van der Waals surface area contributed by atoms with Crippen molar-refractivity contribution in [3.63, 3.8) is 0 Å². The van der Waals surface area contributed by atoms with Crippen LogP contribution in [-0.2, 0) is 21.2 Å². The Bertz CT molecular complexity index is 2460. The Kier molecular flexibility index (Phi) is 13.2. The number of fused-ring (bicyclic) bond motifs is 1. The molecule has 1 saturated heterocycles. The average Bonchev–Trinajstić information content (AvgIpc) is 3.25. The van der Waals surface area contributed by atoms with E-state index in [-0.39, 0.29) is 45.0 Å². The van der Waals surface area contributed by atoms with Crippen molar-refractivity contribution in [2.24, 2.45) is 0 Å². The van der Waals surface area contributed by atoms with Crippen molar-refractivity contribution in [2.75, 3.05) is 38.0 Å². The van der Waals surface area contributed by atoms with E-state index >= 15 is 0 Å². The summed E-state index contributed by atoms with van der Waals surface area (Å²) in [4.78, 5) is 36.8. The second kappa shape index (κ2) is 18.7. The number of nitrogens with one attached hydrogen (secondary N) is 3. The van der Waals surface area contributed by atoms with E-state index in [9.17, 15) is 28.2 Å². The number of hydrogen-bond acceptors (Lipinski definition) is 11. The summed E-state index contributed by atoms with van der Waals surface area (Å²) in [6.07, 6.45) is 9.77. The first-order chi connectivity index (χ1) is 28.5. The number of aliphatic hydroxyl groups excluding tert-OH is 1. The number of aromatic nitrogens is 2. The number of piperazine rings is 1. The summed E-state index contributed by atoms with van der Waals surface area (Å²) in [5.74, 6) is 0.0262. The molecule has 0 spiro atoms. The minimum atomic E-state index is -3.82. The summed E-state index contributed by atoms with van der Waals surface area (Å²) in [6, 6.07) is 22.0. The molecule has 5 aromatic rings. The van der Waals surface area contributed by atoms with Gasteiger partial charge in [-0.1, -0.05) is 43.5 Å². The van der Waals surface area contributed by atoms with E-state index in [1.54, 1.807) is 48.7 Å². The molecule has 2 aliphatic rings. The zero-order valence-corrected chi connectivity index (χ0v) is 34.2. The van der Waals surface area contributed by atoms with Crippen molar-refractivity contribution in [2.45, 2.75) is 80.5 Å². The van der Waals surface area contributed by atoms with Gasteiger partial charge in [-0.3, -0.25) is 19.4 Å². The monoisotopic (exact) mass is 820 g/mol. The van der Waals surface area contributed by atoms with Crippen molar-refractivity contribution in [3.8, 4) is 11.5 Å². The molecule has 0 radical (unpaired) electrons. The zero-order chi connectivity index (χ0) is 41.5. The molecule has 2 atom stereocenters. The molecule has 1 aliphatic carbocycles. The van der Waals surface area contributed by atoms with Crippen LogP contribution in [0.15, 0.2) is 112 Å². The van der Waals surface area contributed by atoms with Gasteiger partial charge in [0.15, 0.2) is 0 Å². The molecular formula is C45H52N6O7S. The molecule has 2 fully saturated rings. The molecule has 1 amide bonds. The molecule has 59 heavy (non-hydrogen) atoms. The highest BCUT2D eigenvalue weighted by Gasteiger charge is 2.28. The molecule has 3 heterocycles. The predicted molar refractivity (Wildman–Crippen MR) is 227 cm³/mol. The van der Waals surface area contributed by atoms with Crippen molar-refractivity contribution in [1.29, 1.82) is 0 Å². The smallest absolute Gasteiger partial charge is 0.252 e. The van der Waals surface area contributed by atoms with Crippen LogP contribution in [0, 0.1) is 6.92 Å². The third-order valence-corrected chi connectivity index (χ3v) is 13.4. The molecule has 2 aromatic heterocycles. The van der Waals surface area contributed by atoms with Crippen LogP contribution in [0.25, 0.3) is 10.9 Å². The van der Waals surface area contributed by atoms with Gasteiger partial charge in [-0.2, -0.15) is 0 Å². The Morgan fingerprint density at radius 2 is 1.75 bits per heavy atom. The first-order valence-electron chi connectivity index (χ1n) is 20.2. The summed E-state index contributed by atoms with van der Waals surface area (Å²) in [5.41, 5.74) is 3.27. The van der Waals surface area contributed by atoms with Gasteiger partial charge in [0.05, 0.1) is 27.7 Å². The molecule has 310 valence electrons. The van der Waals surface area contributed by atoms with E-state index in [2.05, 4.69) is 37.3 Å². The highest BCUT2D eigenvalue weighted by molar-refractivity contribution is 7.91. The lowest BCUT2D eigenvalue weighted by atomic mass is 9.93. The number of anilines is 1. The van der Waals surface area contributed by atoms with Gasteiger partial charge in [0.25, 0.3) is 5.91 Å². The number of pyridine rings is 2. The number of carbonyl (C=O) groups is 1. The van der Waals surface area contributed by atoms with Gasteiger partial charge in [-0.05, 0) is 97.5 Å². The number of aromatic hydroxyl groups is 1. The summed E-state index contributed by atoms with van der Waals surface area (Å²) in [5, 5.41) is 27.4. The first kappa shape index (κ1) is 41.8. The fourth-order valence-electron chi connectivity index (χ4n) is 8.11. The number of hydrogen-bond donors (Lipinski definition) is 5. The maximum absolute atomic E-state index is 13.6. The molecular weight excluding hydrogens is 769 g/mol. The normalized spacial score (nSPS) is 16.9. The maximum atomic E-state index is 13.6. The lowest BCUT2D eigenvalue weighted by Gasteiger charge is -2.42. The number of rotatable bonds is 14. The van der Waals surface area contributed by atoms with E-state index in [1.165, 1.54) is 68.7 Å². The number of nitrogens with zero attached hydrogens (tertiary/aromatic N) is 3. The van der Waals surface area contributed by atoms with Crippen molar-refractivity contribution < 1.29 is 28.2 Å². The number of phenols is 1. The lowest BCUT2D eigenvalue weighted by Crippen LogP contribution is -2.51. The number of aromatic amines is 1. The van der Waals surface area contributed by atoms with E-state index in [4.69, 9.17) is 4.74 Å². The van der Waals surface area contributed by atoms with E-state index < -0.39 is 21.8 Å². The summed E-state index contributed by atoms with van der Waals surface area (Å²) < 4.78 is 32.8. The molecule has 7 rings (SSSR count). The number of ether oxygens (including phenoxy) is 1. The Balaban J connectivity index is 0.882. The Labute approximate surface area is 344 Å². The van der Waals surface area contributed by atoms with Gasteiger partial charge < -0.3 is 30.6 Å². The first-order valence-corrected chi connectivity index (χ1v) is 21.7. The fourth-order valence-corrected chi connectivity index (χ4v) is 9.40. The van der Waals surface area contributed by atoms with Gasteiger partial charge in [0, 0.05) is 75.1 Å². The SMILES string of the molecule is Cc1cc(NC(=O)C=COc2cccc(S(=O)(=O)c3ccc([C@H](C)N4CCN(C5CCCCC5)CC4)cc3)c2)ncc1CNC[C@H](O)c1ccc(O)c2[nH]c(=O)ccc12. The predicted octanol–water partition coefficient (Wildman–Crippen LogP) is 6.14. The largest absolute Gasteiger partial charge is 0.506 e. The van der Waals surface area contributed by atoms with Gasteiger partial charge in [-0.25, -0.2) is 13.4 Å². The maximum Gasteiger partial charge on any atom is 0.252 e. The van der Waals surface area contributed by atoms with Gasteiger partial charge in [0.1, 0.15) is 17.3 Å². The molecule has 0 unspecified atom stereocenters. The van der Waals surface area contributed by atoms with Crippen LogP contribution in [0.2, 0.25) is 0 Å². The summed E-state index contributed by atoms with van der Waals surface area (Å²) in [6.45, 7) is 8.82. The minimum Gasteiger partial charge on any atom is -0.506 e. The number of carbonyl (C=O) groups excluding carboxylic acids is 1. The molecule has 1 aliphatic heterocycles. The third kappa shape index (κ3) is 10.1. The summed E-state index contributed by atoms with van der Waals surface area (Å²) in [7, 11) is -3.82. The van der Waals surface area contributed by atoms with Crippen LogP contribution >= 0.6 is 0 Å². The van der Waals surface area contributed by atoms with Crippen LogP contribution < -0.4 is 20.9 Å². The average molecular weight is 821 g/mol. The molecule has 13 nitrogen and oxygen atoms in total. The third-order valence-electron chi connectivity index (χ3n) is 11.6. The summed E-state index contributed by atoms with van der Waals surface area (Å²) >= 11 is 0. The topological polar surface area (TPSA) is 177 Å². The highest BCUT2D eigenvalue weighted by Crippen LogP contribution is 2.31. The Morgan fingerprint density at radius 1 is 0.983 bits per heavy atom. The van der Waals surface area contributed by atoms with Gasteiger partial charge in [0.2, 0.25) is 15.4 Å². The number of sulfone groups is 1. The van der Waals surface area contributed by atoms with E-state index in [0.29, 0.717) is 23.3 Å². The second-order valence-corrected chi connectivity index (χ2v) is 17.4. The van der Waals surface area contributed by atoms with Crippen molar-refractivity contribution in [3.05, 3.63) is 130 Å². The quantitative estimate of drug-likeness (QED) is 0.0643. The number of amides is 1. The number of phenolic OH excluding ortho intramolecular Hbond substituents is 1. The van der Waals surface area contributed by atoms with Crippen LogP contribution in [0.5, 0.6) is 11.5 Å². The number of aryl methyl sites for hydroxylation is 1. The number of H-pyrrole nitrogens is 1. The van der Waals surface area contributed by atoms with Gasteiger partial charge in [-0.15, -0.1) is 0 Å². The van der Waals surface area contributed by atoms with Crippen LogP contribution in [0.3, 0.4) is 0 Å². The molecule has 5 N–H and O–H groups in total. The highest BCUT2D eigenvalue weighted by atomic mass is 32.2. The fraction of sp³-hybridized carbons (Fsp3) is 0.356. The van der Waals surface area contributed by atoms with Crippen molar-refractivity contribution >= 4 is 32.5 Å². The second-order valence-electron chi connectivity index (χ2n) is 15.4. The minimum absolute atomic E-state index is 0.0766. The van der Waals surface area contributed by atoms with Crippen LogP contribution in [0.4, 0.5) is 5.82 Å². The molecule has 1 saturated carbocycles. The van der Waals surface area contributed by atoms with E-state index in [1.807, 2.05) is 19.1 Å². The zero-order valence-electron chi connectivity index (χ0n) is 33.4. The van der Waals surface area contributed by atoms with Crippen LogP contribution in [-0.4, -0.2) is 83.1 Å².